The van der Waals surface area contributed by atoms with E-state index in [1.165, 1.54) is 18.5 Å². The minimum atomic E-state index is -0.142. The second-order valence-corrected chi connectivity index (χ2v) is 6.88. The third-order valence-electron chi connectivity index (χ3n) is 4.57. The van der Waals surface area contributed by atoms with Crippen LogP contribution in [0.4, 0.5) is 10.1 Å². The zero-order valence-electron chi connectivity index (χ0n) is 13.8. The van der Waals surface area contributed by atoms with Gasteiger partial charge >= 0.3 is 0 Å². The van der Waals surface area contributed by atoms with Gasteiger partial charge in [-0.2, -0.15) is 0 Å². The first-order valence-electron chi connectivity index (χ1n) is 8.24. The summed E-state index contributed by atoms with van der Waals surface area (Å²) in [4.78, 5) is 2.43. The number of hydrogen-bond donors (Lipinski definition) is 1. The molecule has 1 saturated heterocycles. The van der Waals surface area contributed by atoms with Gasteiger partial charge in [0.15, 0.2) is 0 Å². The molecular weight excluding hydrogens is 263 g/mol. The maximum atomic E-state index is 13.6. The summed E-state index contributed by atoms with van der Waals surface area (Å²) in [7, 11) is 0. The zero-order valence-corrected chi connectivity index (χ0v) is 13.8. The quantitative estimate of drug-likeness (QED) is 0.875. The first kappa shape index (κ1) is 16.3. The van der Waals surface area contributed by atoms with Crippen molar-refractivity contribution < 1.29 is 4.39 Å². The molecule has 0 radical (unpaired) electrons. The normalized spacial score (nSPS) is 17.0. The number of rotatable bonds is 5. The summed E-state index contributed by atoms with van der Waals surface area (Å²) < 4.78 is 13.6. The maximum Gasteiger partial charge on any atom is 0.123 e. The fraction of sp³-hybridized carbons (Fsp3) is 0.667. The molecule has 0 unspecified atom stereocenters. The van der Waals surface area contributed by atoms with Crippen LogP contribution in [-0.4, -0.2) is 19.1 Å². The van der Waals surface area contributed by atoms with Gasteiger partial charge < -0.3 is 10.2 Å². The fourth-order valence-corrected chi connectivity index (χ4v) is 3.13. The van der Waals surface area contributed by atoms with Gasteiger partial charge in [-0.3, -0.25) is 0 Å². The lowest BCUT2D eigenvalue weighted by molar-refractivity contribution is 0.311. The summed E-state index contributed by atoms with van der Waals surface area (Å²) in [5.74, 6) is 1.46. The number of hydrogen-bond acceptors (Lipinski definition) is 2. The van der Waals surface area contributed by atoms with E-state index >= 15 is 0 Å². The number of nitrogens with zero attached hydrogens (tertiary/aromatic N) is 1. The molecule has 1 aliphatic heterocycles. The Kier molecular flexibility index (Phi) is 5.63. The van der Waals surface area contributed by atoms with E-state index < -0.39 is 0 Å². The molecule has 1 N–H and O–H groups in total. The molecule has 0 saturated carbocycles. The first-order valence-corrected chi connectivity index (χ1v) is 8.24. The molecule has 1 aromatic carbocycles. The van der Waals surface area contributed by atoms with Gasteiger partial charge in [0, 0.05) is 31.4 Å². The molecule has 1 aromatic rings. The zero-order chi connectivity index (χ0) is 15.4. The van der Waals surface area contributed by atoms with Gasteiger partial charge in [-0.1, -0.05) is 27.7 Å². The predicted octanol–water partition coefficient (Wildman–Crippen LogP) is 4.20. The second kappa shape index (κ2) is 7.26. The highest BCUT2D eigenvalue weighted by atomic mass is 19.1. The summed E-state index contributed by atoms with van der Waals surface area (Å²) in [5.41, 5.74) is 2.28. The molecule has 1 aliphatic rings. The molecule has 0 aliphatic carbocycles. The van der Waals surface area contributed by atoms with Crippen LogP contribution in [0.1, 0.15) is 46.1 Å². The summed E-state index contributed by atoms with van der Waals surface area (Å²) in [6.45, 7) is 11.8. The fourth-order valence-electron chi connectivity index (χ4n) is 3.13. The Labute approximate surface area is 128 Å². The summed E-state index contributed by atoms with van der Waals surface area (Å²) >= 11 is 0. The molecule has 2 rings (SSSR count). The van der Waals surface area contributed by atoms with Crippen LogP contribution < -0.4 is 10.2 Å². The Morgan fingerprint density at radius 2 is 1.86 bits per heavy atom. The van der Waals surface area contributed by atoms with Crippen LogP contribution in [0.2, 0.25) is 0 Å². The third kappa shape index (κ3) is 4.44. The summed E-state index contributed by atoms with van der Waals surface area (Å²) in [5, 5.41) is 3.40. The van der Waals surface area contributed by atoms with Crippen LogP contribution in [0.25, 0.3) is 0 Å². The first-order chi connectivity index (χ1) is 9.97. The van der Waals surface area contributed by atoms with Gasteiger partial charge in [-0.05, 0) is 48.4 Å². The molecule has 1 heterocycles. The molecular formula is C18H29FN2. The van der Waals surface area contributed by atoms with E-state index in [0.717, 1.165) is 37.0 Å². The highest BCUT2D eigenvalue weighted by Crippen LogP contribution is 2.30. The van der Waals surface area contributed by atoms with Crippen molar-refractivity contribution in [1.29, 1.82) is 0 Å². The van der Waals surface area contributed by atoms with Crippen LogP contribution in [0, 0.1) is 17.7 Å². The van der Waals surface area contributed by atoms with E-state index in [0.29, 0.717) is 6.04 Å². The standard InChI is InChI=1S/C18H29FN2/c1-13(2)15-7-9-21(10-8-15)18-6-5-17(19)11-16(18)12-20-14(3)4/h5-6,11,13-15,20H,7-10,12H2,1-4H3. The lowest BCUT2D eigenvalue weighted by Gasteiger charge is -2.36. The highest BCUT2D eigenvalue weighted by molar-refractivity contribution is 5.54. The lowest BCUT2D eigenvalue weighted by Crippen LogP contribution is -2.36. The van der Waals surface area contributed by atoms with E-state index in [9.17, 15) is 4.39 Å². The van der Waals surface area contributed by atoms with Crippen LogP contribution in [-0.2, 0) is 6.54 Å². The smallest absolute Gasteiger partial charge is 0.123 e. The van der Waals surface area contributed by atoms with Crippen LogP contribution >= 0.6 is 0 Å². The number of halogens is 1. The second-order valence-electron chi connectivity index (χ2n) is 6.88. The molecule has 3 heteroatoms. The average Bonchev–Trinajstić information content (AvgIpc) is 2.45. The van der Waals surface area contributed by atoms with Crippen LogP contribution in [0.15, 0.2) is 18.2 Å². The van der Waals surface area contributed by atoms with E-state index in [-0.39, 0.29) is 5.82 Å². The molecule has 0 aromatic heterocycles. The molecule has 0 atom stereocenters. The van der Waals surface area contributed by atoms with E-state index in [2.05, 4.69) is 37.9 Å². The monoisotopic (exact) mass is 292 g/mol. The molecule has 2 nitrogen and oxygen atoms in total. The third-order valence-corrected chi connectivity index (χ3v) is 4.57. The summed E-state index contributed by atoms with van der Waals surface area (Å²) in [6, 6.07) is 5.62. The van der Waals surface area contributed by atoms with Crippen molar-refractivity contribution in [1.82, 2.24) is 5.32 Å². The predicted molar refractivity (Wildman–Crippen MR) is 88.2 cm³/mol. The van der Waals surface area contributed by atoms with Gasteiger partial charge in [-0.15, -0.1) is 0 Å². The topological polar surface area (TPSA) is 15.3 Å². The van der Waals surface area contributed by atoms with Crippen molar-refractivity contribution in [2.45, 2.75) is 53.1 Å². The lowest BCUT2D eigenvalue weighted by atomic mass is 9.86. The Morgan fingerprint density at radius 3 is 2.43 bits per heavy atom. The number of benzene rings is 1. The largest absolute Gasteiger partial charge is 0.371 e. The maximum absolute atomic E-state index is 13.6. The van der Waals surface area contributed by atoms with Crippen molar-refractivity contribution >= 4 is 5.69 Å². The summed E-state index contributed by atoms with van der Waals surface area (Å²) in [6.07, 6.45) is 2.48. The average molecular weight is 292 g/mol. The van der Waals surface area contributed by atoms with Crippen molar-refractivity contribution in [3.8, 4) is 0 Å². The van der Waals surface area contributed by atoms with Crippen molar-refractivity contribution in [3.63, 3.8) is 0 Å². The number of nitrogens with one attached hydrogen (secondary N) is 1. The van der Waals surface area contributed by atoms with Gasteiger partial charge in [0.2, 0.25) is 0 Å². The molecule has 21 heavy (non-hydrogen) atoms. The van der Waals surface area contributed by atoms with E-state index in [1.807, 2.05) is 6.07 Å². The van der Waals surface area contributed by atoms with Crippen molar-refractivity contribution in [3.05, 3.63) is 29.6 Å². The van der Waals surface area contributed by atoms with Crippen molar-refractivity contribution in [2.75, 3.05) is 18.0 Å². The van der Waals surface area contributed by atoms with Gasteiger partial charge in [-0.25, -0.2) is 4.39 Å². The molecule has 0 bridgehead atoms. The number of anilines is 1. The molecule has 1 fully saturated rings. The Morgan fingerprint density at radius 1 is 1.19 bits per heavy atom. The molecule has 0 spiro atoms. The van der Waals surface area contributed by atoms with E-state index in [1.54, 1.807) is 12.1 Å². The van der Waals surface area contributed by atoms with Crippen molar-refractivity contribution in [2.24, 2.45) is 11.8 Å². The highest BCUT2D eigenvalue weighted by Gasteiger charge is 2.23. The minimum Gasteiger partial charge on any atom is -0.371 e. The van der Waals surface area contributed by atoms with Gasteiger partial charge in [0.05, 0.1) is 0 Å². The minimum absolute atomic E-state index is 0.142. The molecule has 118 valence electrons. The van der Waals surface area contributed by atoms with Gasteiger partial charge in [0.1, 0.15) is 5.82 Å². The Hall–Kier alpha value is -1.09. The SMILES string of the molecule is CC(C)NCc1cc(F)ccc1N1CCC(C(C)C)CC1. The Bertz CT molecular complexity index is 449. The number of piperidine rings is 1. The Balaban J connectivity index is 2.08. The van der Waals surface area contributed by atoms with E-state index in [4.69, 9.17) is 0 Å². The molecule has 0 amide bonds. The van der Waals surface area contributed by atoms with Gasteiger partial charge in [0.25, 0.3) is 0 Å². The van der Waals surface area contributed by atoms with Crippen LogP contribution in [0.3, 0.4) is 0 Å². The van der Waals surface area contributed by atoms with Crippen LogP contribution in [0.5, 0.6) is 0 Å².